The molecule has 1 spiro atoms. The van der Waals surface area contributed by atoms with Gasteiger partial charge in [-0.1, -0.05) is 11.8 Å². The van der Waals surface area contributed by atoms with Crippen molar-refractivity contribution in [3.8, 4) is 0 Å². The molecular weight excluding hydrogens is 148 g/mol. The fraction of sp³-hybridized carbons (Fsp3) is 1.00. The molecule has 3 heteroatoms. The van der Waals surface area contributed by atoms with E-state index in [0.29, 0.717) is 0 Å². The van der Waals surface area contributed by atoms with E-state index in [2.05, 4.69) is 0 Å². The molecular formula is C7H12O2S. The van der Waals surface area contributed by atoms with E-state index in [1.165, 1.54) is 18.6 Å². The molecule has 0 bridgehead atoms. The second-order valence-corrected chi connectivity index (χ2v) is 4.00. The van der Waals surface area contributed by atoms with Crippen molar-refractivity contribution in [2.45, 2.75) is 24.4 Å². The van der Waals surface area contributed by atoms with Crippen molar-refractivity contribution in [2.75, 3.05) is 19.0 Å². The second kappa shape index (κ2) is 2.72. The van der Waals surface area contributed by atoms with Crippen LogP contribution in [0.3, 0.4) is 0 Å². The van der Waals surface area contributed by atoms with E-state index in [1.54, 1.807) is 0 Å². The maximum absolute atomic E-state index is 5.52. The third kappa shape index (κ3) is 1.18. The average molecular weight is 160 g/mol. The topological polar surface area (TPSA) is 18.5 Å². The lowest BCUT2D eigenvalue weighted by Gasteiger charge is -2.29. The van der Waals surface area contributed by atoms with Gasteiger partial charge in [0.25, 0.3) is 0 Å². The fourth-order valence-corrected chi connectivity index (χ4v) is 2.69. The summed E-state index contributed by atoms with van der Waals surface area (Å²) in [5, 5.41) is -0.210. The van der Waals surface area contributed by atoms with Gasteiger partial charge in [-0.15, -0.1) is 0 Å². The molecule has 2 fully saturated rings. The highest BCUT2D eigenvalue weighted by Crippen LogP contribution is 2.40. The van der Waals surface area contributed by atoms with E-state index in [-0.39, 0.29) is 5.12 Å². The first-order valence-corrected chi connectivity index (χ1v) is 4.82. The summed E-state index contributed by atoms with van der Waals surface area (Å²) in [6.45, 7) is 1.57. The summed E-state index contributed by atoms with van der Waals surface area (Å²) in [6, 6.07) is 0. The van der Waals surface area contributed by atoms with Gasteiger partial charge in [0.15, 0.2) is 0 Å². The molecule has 0 aromatic rings. The third-order valence-electron chi connectivity index (χ3n) is 1.93. The van der Waals surface area contributed by atoms with Crippen molar-refractivity contribution in [2.24, 2.45) is 0 Å². The summed E-state index contributed by atoms with van der Waals surface area (Å²) < 4.78 is 11.0. The van der Waals surface area contributed by atoms with Gasteiger partial charge >= 0.3 is 0 Å². The van der Waals surface area contributed by atoms with Gasteiger partial charge < -0.3 is 9.47 Å². The van der Waals surface area contributed by atoms with E-state index >= 15 is 0 Å². The van der Waals surface area contributed by atoms with Crippen LogP contribution in [0.2, 0.25) is 0 Å². The molecule has 0 aliphatic carbocycles. The van der Waals surface area contributed by atoms with Crippen LogP contribution < -0.4 is 0 Å². The van der Waals surface area contributed by atoms with Crippen LogP contribution >= 0.6 is 11.8 Å². The Hall–Kier alpha value is 0.270. The SMILES string of the molecule is C1CCC2(OCCO2)SC1. The Morgan fingerprint density at radius 3 is 2.50 bits per heavy atom. The summed E-state index contributed by atoms with van der Waals surface area (Å²) in [6.07, 6.45) is 3.66. The van der Waals surface area contributed by atoms with Crippen LogP contribution in [-0.4, -0.2) is 24.1 Å². The Kier molecular flexibility index (Phi) is 1.89. The highest BCUT2D eigenvalue weighted by Gasteiger charge is 2.38. The number of thioether (sulfide) groups is 1. The molecule has 0 radical (unpaired) electrons. The quantitative estimate of drug-likeness (QED) is 0.536. The van der Waals surface area contributed by atoms with Crippen LogP contribution in [0.25, 0.3) is 0 Å². The summed E-state index contributed by atoms with van der Waals surface area (Å²) in [7, 11) is 0. The monoisotopic (exact) mass is 160 g/mol. The van der Waals surface area contributed by atoms with Gasteiger partial charge in [0.05, 0.1) is 13.2 Å². The third-order valence-corrected chi connectivity index (χ3v) is 3.30. The predicted octanol–water partition coefficient (Wildman–Crippen LogP) is 1.60. The van der Waals surface area contributed by atoms with Crippen molar-refractivity contribution in [1.29, 1.82) is 0 Å². The van der Waals surface area contributed by atoms with E-state index in [4.69, 9.17) is 9.47 Å². The first kappa shape index (κ1) is 6.95. The van der Waals surface area contributed by atoms with Crippen LogP contribution in [-0.2, 0) is 9.47 Å². The van der Waals surface area contributed by atoms with Gasteiger partial charge in [-0.25, -0.2) is 0 Å². The van der Waals surface area contributed by atoms with Crippen molar-refractivity contribution in [1.82, 2.24) is 0 Å². The van der Waals surface area contributed by atoms with Crippen molar-refractivity contribution in [3.05, 3.63) is 0 Å². The number of rotatable bonds is 0. The maximum atomic E-state index is 5.52. The molecule has 0 aromatic heterocycles. The molecule has 2 aliphatic rings. The summed E-state index contributed by atoms with van der Waals surface area (Å²) >= 11 is 1.83. The van der Waals surface area contributed by atoms with Crippen LogP contribution in [0, 0.1) is 0 Å². The molecule has 2 aliphatic heterocycles. The van der Waals surface area contributed by atoms with Gasteiger partial charge in [0.1, 0.15) is 0 Å². The molecule has 0 amide bonds. The van der Waals surface area contributed by atoms with Crippen LogP contribution in [0.1, 0.15) is 19.3 Å². The Bertz CT molecular complexity index is 113. The first-order chi connectivity index (χ1) is 4.91. The molecule has 0 N–H and O–H groups in total. The molecule has 0 unspecified atom stereocenters. The highest BCUT2D eigenvalue weighted by atomic mass is 32.2. The molecule has 58 valence electrons. The summed E-state index contributed by atoms with van der Waals surface area (Å²) in [5.41, 5.74) is 0. The van der Waals surface area contributed by atoms with E-state index in [0.717, 1.165) is 19.6 Å². The average Bonchev–Trinajstić information content (AvgIpc) is 2.39. The van der Waals surface area contributed by atoms with Crippen molar-refractivity contribution < 1.29 is 9.47 Å². The van der Waals surface area contributed by atoms with Crippen molar-refractivity contribution >= 4 is 11.8 Å². The lowest BCUT2D eigenvalue weighted by molar-refractivity contribution is -0.0845. The first-order valence-electron chi connectivity index (χ1n) is 3.83. The lowest BCUT2D eigenvalue weighted by atomic mass is 10.2. The minimum atomic E-state index is -0.210. The van der Waals surface area contributed by atoms with E-state index < -0.39 is 0 Å². The van der Waals surface area contributed by atoms with E-state index in [9.17, 15) is 0 Å². The molecule has 0 atom stereocenters. The Morgan fingerprint density at radius 2 is 1.90 bits per heavy atom. The van der Waals surface area contributed by atoms with Crippen LogP contribution in [0.15, 0.2) is 0 Å². The fourth-order valence-electron chi connectivity index (χ4n) is 1.41. The van der Waals surface area contributed by atoms with Crippen molar-refractivity contribution in [3.63, 3.8) is 0 Å². The number of hydrogen-bond donors (Lipinski definition) is 0. The number of hydrogen-bond acceptors (Lipinski definition) is 3. The lowest BCUT2D eigenvalue weighted by Crippen LogP contribution is -2.28. The molecule has 2 saturated heterocycles. The normalized spacial score (nSPS) is 31.2. The Morgan fingerprint density at radius 1 is 1.10 bits per heavy atom. The molecule has 2 rings (SSSR count). The zero-order valence-electron chi connectivity index (χ0n) is 5.97. The largest absolute Gasteiger partial charge is 0.339 e. The van der Waals surface area contributed by atoms with Crippen LogP contribution in [0.4, 0.5) is 0 Å². The molecule has 2 heterocycles. The Balaban J connectivity index is 1.98. The standard InChI is InChI=1S/C7H12O2S/c1-2-6-10-7(3-1)8-4-5-9-7/h1-6H2. The minimum absolute atomic E-state index is 0.210. The summed E-state index contributed by atoms with van der Waals surface area (Å²) in [4.78, 5) is 0. The molecule has 0 saturated carbocycles. The van der Waals surface area contributed by atoms with Crippen LogP contribution in [0.5, 0.6) is 0 Å². The Labute approximate surface area is 65.3 Å². The van der Waals surface area contributed by atoms with E-state index in [1.807, 2.05) is 11.8 Å². The maximum Gasteiger partial charge on any atom is 0.218 e. The molecule has 2 nitrogen and oxygen atoms in total. The van der Waals surface area contributed by atoms with Gasteiger partial charge in [-0.2, -0.15) is 0 Å². The van der Waals surface area contributed by atoms with Gasteiger partial charge in [-0.3, -0.25) is 0 Å². The number of ether oxygens (including phenoxy) is 2. The predicted molar refractivity (Wildman–Crippen MR) is 40.9 cm³/mol. The zero-order chi connectivity index (χ0) is 6.86. The van der Waals surface area contributed by atoms with Gasteiger partial charge in [-0.05, 0) is 18.6 Å². The molecule has 10 heavy (non-hydrogen) atoms. The minimum Gasteiger partial charge on any atom is -0.339 e. The smallest absolute Gasteiger partial charge is 0.218 e. The molecule has 0 aromatic carbocycles. The van der Waals surface area contributed by atoms with Gasteiger partial charge in [0.2, 0.25) is 5.12 Å². The van der Waals surface area contributed by atoms with Gasteiger partial charge in [0, 0.05) is 6.42 Å². The zero-order valence-corrected chi connectivity index (χ0v) is 6.78. The summed E-state index contributed by atoms with van der Waals surface area (Å²) in [5.74, 6) is 1.19. The highest BCUT2D eigenvalue weighted by molar-refractivity contribution is 8.00. The second-order valence-electron chi connectivity index (χ2n) is 2.69.